The maximum atomic E-state index is 13.6. The van der Waals surface area contributed by atoms with Gasteiger partial charge in [-0.25, -0.2) is 9.18 Å². The molecule has 2 heterocycles. The number of aliphatic hydroxyl groups excluding tert-OH is 1. The van der Waals surface area contributed by atoms with Gasteiger partial charge in [-0.3, -0.25) is 9.69 Å². The van der Waals surface area contributed by atoms with Crippen molar-refractivity contribution in [3.8, 4) is 0 Å². The molecule has 2 fully saturated rings. The van der Waals surface area contributed by atoms with Gasteiger partial charge in [-0.05, 0) is 49.5 Å². The summed E-state index contributed by atoms with van der Waals surface area (Å²) in [6.45, 7) is 1.25. The predicted octanol–water partition coefficient (Wildman–Crippen LogP) is 0.651. The number of rotatable bonds is 5. The van der Waals surface area contributed by atoms with Crippen molar-refractivity contribution in [2.75, 3.05) is 26.2 Å². The lowest BCUT2D eigenvalue weighted by molar-refractivity contribution is -0.134. The zero-order valence-corrected chi connectivity index (χ0v) is 13.4. The Balaban J connectivity index is 1.95. The lowest BCUT2D eigenvalue weighted by Crippen LogP contribution is -2.57. The summed E-state index contributed by atoms with van der Waals surface area (Å²) in [5.41, 5.74) is -0.393. The Morgan fingerprint density at radius 3 is 2.71 bits per heavy atom. The van der Waals surface area contributed by atoms with Crippen molar-refractivity contribution in [3.05, 3.63) is 35.6 Å². The maximum absolute atomic E-state index is 13.6. The first-order valence-corrected chi connectivity index (χ1v) is 8.27. The topological polar surface area (TPSA) is 81.7 Å². The standard InChI is InChI=1S/C17H22FN3O3/c18-14-3-1-2-12(10-14)11-17(13-4-6-19-7-5-13)15(23)21(8-9-22)16(24)20-17/h1-3,10,13,19,22H,4-9,11H2,(H,20,24)/t17-/m1/s1. The van der Waals surface area contributed by atoms with Crippen LogP contribution in [0.25, 0.3) is 0 Å². The zero-order valence-electron chi connectivity index (χ0n) is 13.4. The van der Waals surface area contributed by atoms with Gasteiger partial charge in [-0.2, -0.15) is 0 Å². The molecule has 7 heteroatoms. The molecule has 1 aromatic carbocycles. The van der Waals surface area contributed by atoms with E-state index in [4.69, 9.17) is 5.11 Å². The number of urea groups is 1. The number of carbonyl (C=O) groups excluding carboxylic acids is 2. The van der Waals surface area contributed by atoms with E-state index in [2.05, 4.69) is 10.6 Å². The summed E-state index contributed by atoms with van der Waals surface area (Å²) < 4.78 is 13.6. The summed E-state index contributed by atoms with van der Waals surface area (Å²) in [7, 11) is 0. The molecular weight excluding hydrogens is 313 g/mol. The largest absolute Gasteiger partial charge is 0.395 e. The minimum atomic E-state index is -1.07. The molecule has 2 aliphatic rings. The van der Waals surface area contributed by atoms with Crippen molar-refractivity contribution in [2.45, 2.75) is 24.8 Å². The molecule has 130 valence electrons. The summed E-state index contributed by atoms with van der Waals surface area (Å²) >= 11 is 0. The third-order valence-electron chi connectivity index (χ3n) is 4.93. The summed E-state index contributed by atoms with van der Waals surface area (Å²) in [5.74, 6) is -0.711. The van der Waals surface area contributed by atoms with Gasteiger partial charge < -0.3 is 15.7 Å². The molecule has 3 rings (SSSR count). The van der Waals surface area contributed by atoms with Gasteiger partial charge in [0.05, 0.1) is 13.2 Å². The van der Waals surface area contributed by atoms with E-state index in [1.165, 1.54) is 12.1 Å². The Morgan fingerprint density at radius 2 is 2.04 bits per heavy atom. The number of piperidine rings is 1. The molecule has 2 aliphatic heterocycles. The average Bonchev–Trinajstić information content (AvgIpc) is 2.81. The van der Waals surface area contributed by atoms with Gasteiger partial charge >= 0.3 is 6.03 Å². The molecule has 0 aliphatic carbocycles. The van der Waals surface area contributed by atoms with Gasteiger partial charge in [0.2, 0.25) is 0 Å². The number of carbonyl (C=O) groups is 2. The number of hydrogen-bond acceptors (Lipinski definition) is 4. The number of halogens is 1. The maximum Gasteiger partial charge on any atom is 0.325 e. The lowest BCUT2D eigenvalue weighted by Gasteiger charge is -2.38. The van der Waals surface area contributed by atoms with Crippen LogP contribution in [-0.4, -0.2) is 53.7 Å². The number of hydrogen-bond donors (Lipinski definition) is 3. The highest BCUT2D eigenvalue weighted by molar-refractivity contribution is 6.07. The van der Waals surface area contributed by atoms with Crippen LogP contribution >= 0.6 is 0 Å². The molecule has 2 saturated heterocycles. The van der Waals surface area contributed by atoms with Gasteiger partial charge in [0.1, 0.15) is 11.4 Å². The van der Waals surface area contributed by atoms with Crippen molar-refractivity contribution in [3.63, 3.8) is 0 Å². The van der Waals surface area contributed by atoms with Gasteiger partial charge in [-0.1, -0.05) is 12.1 Å². The number of β-amino-alcohol motifs (C(OH)–C–C–N with tert-alkyl or cyclic N) is 1. The first-order valence-electron chi connectivity index (χ1n) is 8.27. The quantitative estimate of drug-likeness (QED) is 0.690. The SMILES string of the molecule is O=C1N[C@](Cc2cccc(F)c2)(C2CCNCC2)C(=O)N1CCO. The van der Waals surface area contributed by atoms with E-state index in [9.17, 15) is 14.0 Å². The van der Waals surface area contributed by atoms with Crippen molar-refractivity contribution >= 4 is 11.9 Å². The highest BCUT2D eigenvalue weighted by Gasteiger charge is 2.55. The van der Waals surface area contributed by atoms with E-state index in [0.717, 1.165) is 30.8 Å². The number of imide groups is 1. The Bertz CT molecular complexity index is 633. The highest BCUT2D eigenvalue weighted by Crippen LogP contribution is 2.35. The van der Waals surface area contributed by atoms with Gasteiger partial charge in [0.25, 0.3) is 5.91 Å². The molecule has 6 nitrogen and oxygen atoms in total. The van der Waals surface area contributed by atoms with Crippen LogP contribution in [-0.2, 0) is 11.2 Å². The van der Waals surface area contributed by atoms with E-state index in [1.54, 1.807) is 12.1 Å². The first kappa shape index (κ1) is 16.9. The normalized spacial score (nSPS) is 25.2. The minimum absolute atomic E-state index is 0.0258. The van der Waals surface area contributed by atoms with Crippen LogP contribution in [0.3, 0.4) is 0 Å². The third-order valence-corrected chi connectivity index (χ3v) is 4.93. The van der Waals surface area contributed by atoms with Crippen LogP contribution in [0, 0.1) is 11.7 Å². The van der Waals surface area contributed by atoms with E-state index in [-0.39, 0.29) is 37.2 Å². The van der Waals surface area contributed by atoms with Gasteiger partial charge in [0, 0.05) is 6.42 Å². The lowest BCUT2D eigenvalue weighted by atomic mass is 9.74. The van der Waals surface area contributed by atoms with Crippen molar-refractivity contribution in [1.82, 2.24) is 15.5 Å². The summed E-state index contributed by atoms with van der Waals surface area (Å²) in [6, 6.07) is 5.64. The molecule has 3 amide bonds. The second-order valence-electron chi connectivity index (χ2n) is 6.41. The predicted molar refractivity (Wildman–Crippen MR) is 85.8 cm³/mol. The fourth-order valence-electron chi connectivity index (χ4n) is 3.77. The Morgan fingerprint density at radius 1 is 1.29 bits per heavy atom. The van der Waals surface area contributed by atoms with Crippen LogP contribution < -0.4 is 10.6 Å². The molecular formula is C17H22FN3O3. The molecule has 0 saturated carbocycles. The number of nitrogens with one attached hydrogen (secondary N) is 2. The molecule has 0 aromatic heterocycles. The Hall–Kier alpha value is -1.99. The zero-order chi connectivity index (χ0) is 17.2. The van der Waals surface area contributed by atoms with Crippen LogP contribution in [0.15, 0.2) is 24.3 Å². The molecule has 1 atom stereocenters. The molecule has 0 unspecified atom stereocenters. The number of amides is 3. The molecule has 0 radical (unpaired) electrons. The second kappa shape index (κ2) is 6.86. The molecule has 1 aromatic rings. The van der Waals surface area contributed by atoms with E-state index < -0.39 is 11.6 Å². The first-order chi connectivity index (χ1) is 11.6. The van der Waals surface area contributed by atoms with Crippen LogP contribution in [0.1, 0.15) is 18.4 Å². The Labute approximate surface area is 140 Å². The molecule has 0 bridgehead atoms. The van der Waals surface area contributed by atoms with E-state index in [0.29, 0.717) is 5.56 Å². The summed E-state index contributed by atoms with van der Waals surface area (Å²) in [5, 5.41) is 15.3. The average molecular weight is 335 g/mol. The summed E-state index contributed by atoms with van der Waals surface area (Å²) in [6.07, 6.45) is 1.77. The third kappa shape index (κ3) is 3.01. The molecule has 0 spiro atoms. The van der Waals surface area contributed by atoms with Gasteiger partial charge in [-0.15, -0.1) is 0 Å². The van der Waals surface area contributed by atoms with Crippen molar-refractivity contribution in [1.29, 1.82) is 0 Å². The smallest absolute Gasteiger partial charge is 0.325 e. The minimum Gasteiger partial charge on any atom is -0.395 e. The summed E-state index contributed by atoms with van der Waals surface area (Å²) in [4.78, 5) is 26.4. The number of benzene rings is 1. The van der Waals surface area contributed by atoms with E-state index >= 15 is 0 Å². The monoisotopic (exact) mass is 335 g/mol. The highest BCUT2D eigenvalue weighted by atomic mass is 19.1. The second-order valence-corrected chi connectivity index (χ2v) is 6.41. The van der Waals surface area contributed by atoms with Gasteiger partial charge in [0.15, 0.2) is 0 Å². The van der Waals surface area contributed by atoms with Crippen LogP contribution in [0.2, 0.25) is 0 Å². The van der Waals surface area contributed by atoms with Crippen LogP contribution in [0.4, 0.5) is 9.18 Å². The number of aliphatic hydroxyl groups is 1. The molecule has 3 N–H and O–H groups in total. The van der Waals surface area contributed by atoms with Crippen molar-refractivity contribution < 1.29 is 19.1 Å². The Kier molecular flexibility index (Phi) is 4.82. The number of nitrogens with zero attached hydrogens (tertiary/aromatic N) is 1. The fraction of sp³-hybridized carbons (Fsp3) is 0.529. The van der Waals surface area contributed by atoms with E-state index in [1.807, 2.05) is 0 Å². The van der Waals surface area contributed by atoms with Crippen molar-refractivity contribution in [2.24, 2.45) is 5.92 Å². The molecule has 24 heavy (non-hydrogen) atoms. The van der Waals surface area contributed by atoms with Crippen LogP contribution in [0.5, 0.6) is 0 Å². The fourth-order valence-corrected chi connectivity index (χ4v) is 3.77.